The van der Waals surface area contributed by atoms with Gasteiger partial charge in [-0.25, -0.2) is 0 Å². The van der Waals surface area contributed by atoms with Crippen molar-refractivity contribution in [2.75, 3.05) is 0 Å². The molecular weight excluding hydrogens is 248 g/mol. The molecule has 0 fully saturated rings. The van der Waals surface area contributed by atoms with Crippen LogP contribution < -0.4 is 11.1 Å². The molecule has 0 aliphatic carbocycles. The van der Waals surface area contributed by atoms with Crippen molar-refractivity contribution in [2.24, 2.45) is 11.7 Å². The molecule has 0 saturated heterocycles. The topological polar surface area (TPSA) is 55.1 Å². The summed E-state index contributed by atoms with van der Waals surface area (Å²) in [6, 6.07) is 6.12. The molecule has 0 saturated carbocycles. The molecule has 0 spiro atoms. The van der Waals surface area contributed by atoms with Gasteiger partial charge in [0.1, 0.15) is 0 Å². The third-order valence-electron chi connectivity index (χ3n) is 3.47. The lowest BCUT2D eigenvalue weighted by atomic mass is 9.99. The standard InChI is InChI=1S/C17H28N2O/c1-11(2)8-16(18)17(20)19-14(5)10-15-7-6-12(3)9-13(15)4/h6-7,9,11,14,16H,8,10,18H2,1-5H3,(H,19,20)/t14?,16-/m0/s1. The highest BCUT2D eigenvalue weighted by Crippen LogP contribution is 2.13. The van der Waals surface area contributed by atoms with E-state index in [1.807, 2.05) is 6.92 Å². The molecule has 1 aromatic rings. The van der Waals surface area contributed by atoms with E-state index in [1.54, 1.807) is 0 Å². The van der Waals surface area contributed by atoms with Gasteiger partial charge in [0, 0.05) is 6.04 Å². The first-order valence-electron chi connectivity index (χ1n) is 7.41. The van der Waals surface area contributed by atoms with Crippen molar-refractivity contribution in [2.45, 2.75) is 59.5 Å². The van der Waals surface area contributed by atoms with E-state index < -0.39 is 6.04 Å². The molecule has 1 amide bonds. The second-order valence-electron chi connectivity index (χ2n) is 6.28. The van der Waals surface area contributed by atoms with Gasteiger partial charge in [-0.2, -0.15) is 0 Å². The van der Waals surface area contributed by atoms with Crippen LogP contribution in [0, 0.1) is 19.8 Å². The van der Waals surface area contributed by atoms with Gasteiger partial charge in [-0.1, -0.05) is 37.6 Å². The van der Waals surface area contributed by atoms with Crippen LogP contribution in [0.1, 0.15) is 43.9 Å². The van der Waals surface area contributed by atoms with E-state index in [0.717, 1.165) is 12.8 Å². The fourth-order valence-corrected chi connectivity index (χ4v) is 2.42. The van der Waals surface area contributed by atoms with Gasteiger partial charge in [0.2, 0.25) is 5.91 Å². The zero-order chi connectivity index (χ0) is 15.3. The van der Waals surface area contributed by atoms with E-state index in [9.17, 15) is 4.79 Å². The quantitative estimate of drug-likeness (QED) is 0.839. The van der Waals surface area contributed by atoms with Crippen LogP contribution in [0.15, 0.2) is 18.2 Å². The average molecular weight is 276 g/mol. The lowest BCUT2D eigenvalue weighted by Gasteiger charge is -2.19. The zero-order valence-electron chi connectivity index (χ0n) is 13.4. The van der Waals surface area contributed by atoms with Crippen LogP contribution in [0.25, 0.3) is 0 Å². The van der Waals surface area contributed by atoms with Gasteiger partial charge in [0.05, 0.1) is 6.04 Å². The summed E-state index contributed by atoms with van der Waals surface area (Å²) in [7, 11) is 0. The predicted molar refractivity (Wildman–Crippen MR) is 84.7 cm³/mol. The Hall–Kier alpha value is -1.35. The SMILES string of the molecule is Cc1ccc(CC(C)NC(=O)[C@@H](N)CC(C)C)c(C)c1. The summed E-state index contributed by atoms with van der Waals surface area (Å²) < 4.78 is 0. The number of amides is 1. The molecule has 0 radical (unpaired) electrons. The van der Waals surface area contributed by atoms with Crippen molar-refractivity contribution < 1.29 is 4.79 Å². The van der Waals surface area contributed by atoms with Gasteiger partial charge in [0.15, 0.2) is 0 Å². The van der Waals surface area contributed by atoms with Crippen LogP contribution in [0.2, 0.25) is 0 Å². The number of carbonyl (C=O) groups is 1. The summed E-state index contributed by atoms with van der Waals surface area (Å²) in [5.74, 6) is 0.390. The van der Waals surface area contributed by atoms with Gasteiger partial charge in [0.25, 0.3) is 0 Å². The molecule has 0 aliphatic rings. The minimum Gasteiger partial charge on any atom is -0.352 e. The molecule has 3 heteroatoms. The van der Waals surface area contributed by atoms with E-state index in [1.165, 1.54) is 16.7 Å². The maximum atomic E-state index is 12.0. The molecule has 0 heterocycles. The summed E-state index contributed by atoms with van der Waals surface area (Å²) in [5.41, 5.74) is 9.72. The highest BCUT2D eigenvalue weighted by atomic mass is 16.2. The van der Waals surface area contributed by atoms with Crippen molar-refractivity contribution in [3.05, 3.63) is 34.9 Å². The molecular formula is C17H28N2O. The number of nitrogens with two attached hydrogens (primary N) is 1. The fraction of sp³-hybridized carbons (Fsp3) is 0.588. The van der Waals surface area contributed by atoms with Crippen LogP contribution in [0.5, 0.6) is 0 Å². The molecule has 0 aliphatic heterocycles. The number of hydrogen-bond acceptors (Lipinski definition) is 2. The second kappa shape index (κ2) is 7.44. The fourth-order valence-electron chi connectivity index (χ4n) is 2.42. The van der Waals surface area contributed by atoms with E-state index in [2.05, 4.69) is 51.2 Å². The number of aryl methyl sites for hydroxylation is 2. The summed E-state index contributed by atoms with van der Waals surface area (Å²) in [6.45, 7) is 10.4. The van der Waals surface area contributed by atoms with E-state index in [-0.39, 0.29) is 11.9 Å². The summed E-state index contributed by atoms with van der Waals surface area (Å²) in [5, 5.41) is 3.01. The van der Waals surface area contributed by atoms with Crippen molar-refractivity contribution in [3.8, 4) is 0 Å². The summed E-state index contributed by atoms with van der Waals surface area (Å²) >= 11 is 0. The summed E-state index contributed by atoms with van der Waals surface area (Å²) in [6.07, 6.45) is 1.56. The van der Waals surface area contributed by atoms with Crippen molar-refractivity contribution in [1.29, 1.82) is 0 Å². The first-order chi connectivity index (χ1) is 9.29. The third kappa shape index (κ3) is 5.33. The van der Waals surface area contributed by atoms with Crippen LogP contribution in [-0.2, 0) is 11.2 Å². The van der Waals surface area contributed by atoms with Crippen LogP contribution in [-0.4, -0.2) is 18.0 Å². The Morgan fingerprint density at radius 3 is 2.45 bits per heavy atom. The predicted octanol–water partition coefficient (Wildman–Crippen LogP) is 2.72. The highest BCUT2D eigenvalue weighted by Gasteiger charge is 2.17. The van der Waals surface area contributed by atoms with Crippen molar-refractivity contribution in [3.63, 3.8) is 0 Å². The molecule has 3 nitrogen and oxygen atoms in total. The van der Waals surface area contributed by atoms with Crippen LogP contribution >= 0.6 is 0 Å². The van der Waals surface area contributed by atoms with Gasteiger partial charge in [-0.15, -0.1) is 0 Å². The lowest BCUT2D eigenvalue weighted by Crippen LogP contribution is -2.45. The van der Waals surface area contributed by atoms with Crippen LogP contribution in [0.4, 0.5) is 0 Å². The molecule has 0 bridgehead atoms. The number of rotatable bonds is 6. The monoisotopic (exact) mass is 276 g/mol. The van der Waals surface area contributed by atoms with Gasteiger partial charge in [-0.05, 0) is 50.7 Å². The Balaban J connectivity index is 2.54. The Morgan fingerprint density at radius 2 is 1.90 bits per heavy atom. The Morgan fingerprint density at radius 1 is 1.25 bits per heavy atom. The molecule has 2 atom stereocenters. The number of benzene rings is 1. The van der Waals surface area contributed by atoms with E-state index in [0.29, 0.717) is 5.92 Å². The minimum atomic E-state index is -0.406. The summed E-state index contributed by atoms with van der Waals surface area (Å²) in [4.78, 5) is 12.0. The Bertz CT molecular complexity index is 454. The van der Waals surface area contributed by atoms with E-state index >= 15 is 0 Å². The molecule has 112 valence electrons. The van der Waals surface area contributed by atoms with Gasteiger partial charge >= 0.3 is 0 Å². The molecule has 20 heavy (non-hydrogen) atoms. The normalized spacial score (nSPS) is 14.2. The number of hydrogen-bond donors (Lipinski definition) is 2. The molecule has 1 aromatic carbocycles. The van der Waals surface area contributed by atoms with Gasteiger partial charge in [-0.3, -0.25) is 4.79 Å². The lowest BCUT2D eigenvalue weighted by molar-refractivity contribution is -0.123. The number of carbonyl (C=O) groups excluding carboxylic acids is 1. The van der Waals surface area contributed by atoms with Crippen LogP contribution in [0.3, 0.4) is 0 Å². The Labute approximate surface area is 122 Å². The van der Waals surface area contributed by atoms with Crippen molar-refractivity contribution >= 4 is 5.91 Å². The smallest absolute Gasteiger partial charge is 0.237 e. The maximum absolute atomic E-state index is 12.0. The first kappa shape index (κ1) is 16.7. The zero-order valence-corrected chi connectivity index (χ0v) is 13.4. The third-order valence-corrected chi connectivity index (χ3v) is 3.47. The molecule has 3 N–H and O–H groups in total. The number of nitrogens with one attached hydrogen (secondary N) is 1. The van der Waals surface area contributed by atoms with Gasteiger partial charge < -0.3 is 11.1 Å². The highest BCUT2D eigenvalue weighted by molar-refractivity contribution is 5.81. The maximum Gasteiger partial charge on any atom is 0.237 e. The average Bonchev–Trinajstić information content (AvgIpc) is 2.31. The molecule has 1 unspecified atom stereocenters. The minimum absolute atomic E-state index is 0.0454. The van der Waals surface area contributed by atoms with E-state index in [4.69, 9.17) is 5.73 Å². The molecule has 0 aromatic heterocycles. The molecule has 1 rings (SSSR count). The van der Waals surface area contributed by atoms with Crippen molar-refractivity contribution in [1.82, 2.24) is 5.32 Å². The first-order valence-corrected chi connectivity index (χ1v) is 7.41. The Kier molecular flexibility index (Phi) is 6.21. The second-order valence-corrected chi connectivity index (χ2v) is 6.28. The largest absolute Gasteiger partial charge is 0.352 e.